The molecule has 0 aliphatic heterocycles. The van der Waals surface area contributed by atoms with Crippen molar-refractivity contribution in [1.29, 1.82) is 0 Å². The second kappa shape index (κ2) is 8.19. The second-order valence-corrected chi connectivity index (χ2v) is 6.06. The number of nitro groups is 1. The number of nitrogens with one attached hydrogen (secondary N) is 2. The number of halogens is 3. The van der Waals surface area contributed by atoms with Crippen LogP contribution in [0.4, 0.5) is 24.7 Å². The normalized spacial score (nSPS) is 11.3. The highest BCUT2D eigenvalue weighted by atomic mass is 19.4. The number of pyridine rings is 1. The van der Waals surface area contributed by atoms with E-state index >= 15 is 0 Å². The van der Waals surface area contributed by atoms with Crippen LogP contribution >= 0.6 is 0 Å². The number of nitrogens with zero attached hydrogens (tertiary/aromatic N) is 3. The molecule has 156 valence electrons. The number of anilines is 1. The summed E-state index contributed by atoms with van der Waals surface area (Å²) >= 11 is 0. The van der Waals surface area contributed by atoms with Gasteiger partial charge in [0, 0.05) is 24.8 Å². The van der Waals surface area contributed by atoms with Crippen LogP contribution < -0.4 is 16.2 Å². The lowest BCUT2D eigenvalue weighted by Crippen LogP contribution is -2.29. The Morgan fingerprint density at radius 3 is 2.47 bits per heavy atom. The lowest BCUT2D eigenvalue weighted by molar-refractivity contribution is -0.385. The van der Waals surface area contributed by atoms with Gasteiger partial charge in [0.2, 0.25) is 5.82 Å². The molecule has 1 amide bonds. The van der Waals surface area contributed by atoms with Crippen molar-refractivity contribution in [1.82, 2.24) is 14.7 Å². The van der Waals surface area contributed by atoms with Gasteiger partial charge in [0.1, 0.15) is 5.65 Å². The Kier molecular flexibility index (Phi) is 5.67. The number of benzene rings is 1. The highest BCUT2D eigenvalue weighted by molar-refractivity contribution is 5.94. The minimum atomic E-state index is -4.50. The number of carbonyl (C=O) groups excluding carboxylic acids is 1. The van der Waals surface area contributed by atoms with Gasteiger partial charge < -0.3 is 10.6 Å². The number of carbonyl (C=O) groups is 1. The molecule has 0 spiro atoms. The predicted molar refractivity (Wildman–Crippen MR) is 100 cm³/mol. The molecule has 0 saturated carbocycles. The standard InChI is InChI=1S/C18H14F3N5O4/c19-18(20,21)12-6-4-11(5-7-12)16(27)23-9-8-22-15-14(26(29)30)17(28)25-10-2-1-3-13(25)24-15/h1-7,10,22H,8-9H2,(H,23,27). The number of rotatable bonds is 6. The van der Waals surface area contributed by atoms with Crippen LogP contribution in [0.5, 0.6) is 0 Å². The Bertz CT molecular complexity index is 1160. The third-order valence-corrected chi connectivity index (χ3v) is 4.07. The van der Waals surface area contributed by atoms with Crippen molar-refractivity contribution in [2.24, 2.45) is 0 Å². The van der Waals surface area contributed by atoms with E-state index in [1.165, 1.54) is 18.3 Å². The van der Waals surface area contributed by atoms with E-state index in [4.69, 9.17) is 0 Å². The van der Waals surface area contributed by atoms with Gasteiger partial charge in [-0.2, -0.15) is 13.2 Å². The minimum absolute atomic E-state index is 0.0112. The number of alkyl halides is 3. The van der Waals surface area contributed by atoms with E-state index in [2.05, 4.69) is 15.6 Å². The molecule has 0 unspecified atom stereocenters. The lowest BCUT2D eigenvalue weighted by Gasteiger charge is -2.10. The number of amides is 1. The smallest absolute Gasteiger partial charge is 0.362 e. The fourth-order valence-electron chi connectivity index (χ4n) is 2.64. The van der Waals surface area contributed by atoms with E-state index in [-0.39, 0.29) is 30.1 Å². The van der Waals surface area contributed by atoms with E-state index in [1.807, 2.05) is 0 Å². The Morgan fingerprint density at radius 2 is 1.83 bits per heavy atom. The van der Waals surface area contributed by atoms with Crippen LogP contribution in [0.1, 0.15) is 15.9 Å². The van der Waals surface area contributed by atoms with Crippen molar-refractivity contribution in [2.75, 3.05) is 18.4 Å². The number of aromatic nitrogens is 2. The first kappa shape index (κ1) is 20.8. The van der Waals surface area contributed by atoms with Crippen molar-refractivity contribution in [3.8, 4) is 0 Å². The average molecular weight is 421 g/mol. The molecule has 2 aromatic heterocycles. The maximum absolute atomic E-state index is 12.6. The monoisotopic (exact) mass is 421 g/mol. The summed E-state index contributed by atoms with van der Waals surface area (Å²) in [4.78, 5) is 38.8. The minimum Gasteiger partial charge on any atom is -0.362 e. The summed E-state index contributed by atoms with van der Waals surface area (Å²) in [5, 5.41) is 16.4. The van der Waals surface area contributed by atoms with Crippen LogP contribution in [0.15, 0.2) is 53.5 Å². The molecule has 0 saturated heterocycles. The molecular weight excluding hydrogens is 407 g/mol. The molecule has 9 nitrogen and oxygen atoms in total. The summed E-state index contributed by atoms with van der Waals surface area (Å²) in [6.07, 6.45) is -3.15. The van der Waals surface area contributed by atoms with Crippen molar-refractivity contribution < 1.29 is 22.9 Å². The van der Waals surface area contributed by atoms with Crippen LogP contribution in [0.25, 0.3) is 5.65 Å². The van der Waals surface area contributed by atoms with Crippen LogP contribution in [-0.4, -0.2) is 33.3 Å². The highest BCUT2D eigenvalue weighted by Gasteiger charge is 2.30. The molecule has 0 fully saturated rings. The third kappa shape index (κ3) is 4.37. The molecule has 2 heterocycles. The van der Waals surface area contributed by atoms with Gasteiger partial charge in [-0.1, -0.05) is 6.07 Å². The summed E-state index contributed by atoms with van der Waals surface area (Å²) in [6.45, 7) is -0.0322. The van der Waals surface area contributed by atoms with Gasteiger partial charge in [0.15, 0.2) is 0 Å². The molecule has 0 aliphatic carbocycles. The maximum atomic E-state index is 12.6. The third-order valence-electron chi connectivity index (χ3n) is 4.07. The zero-order valence-corrected chi connectivity index (χ0v) is 15.1. The second-order valence-electron chi connectivity index (χ2n) is 6.06. The van der Waals surface area contributed by atoms with E-state index in [9.17, 15) is 32.9 Å². The first-order valence-electron chi connectivity index (χ1n) is 8.53. The Hall–Kier alpha value is -3.96. The fourth-order valence-corrected chi connectivity index (χ4v) is 2.64. The number of hydrogen-bond donors (Lipinski definition) is 2. The molecular formula is C18H14F3N5O4. The SMILES string of the molecule is O=C(NCCNc1nc2ccccn2c(=O)c1[N+](=O)[O-])c1ccc(C(F)(F)F)cc1. The molecule has 30 heavy (non-hydrogen) atoms. The first-order chi connectivity index (χ1) is 14.2. The molecule has 0 bridgehead atoms. The number of fused-ring (bicyclic) bond motifs is 1. The summed E-state index contributed by atoms with van der Waals surface area (Å²) in [5.74, 6) is -0.869. The van der Waals surface area contributed by atoms with Crippen LogP contribution in [0.3, 0.4) is 0 Å². The maximum Gasteiger partial charge on any atom is 0.416 e. The molecule has 12 heteroatoms. The predicted octanol–water partition coefficient (Wildman–Crippen LogP) is 2.46. The Balaban J connectivity index is 1.66. The van der Waals surface area contributed by atoms with Crippen molar-refractivity contribution in [2.45, 2.75) is 6.18 Å². The van der Waals surface area contributed by atoms with Gasteiger partial charge in [0.05, 0.1) is 10.5 Å². The molecule has 3 aromatic rings. The molecule has 0 aliphatic rings. The van der Waals surface area contributed by atoms with Crippen LogP contribution in [0, 0.1) is 10.1 Å². The lowest BCUT2D eigenvalue weighted by atomic mass is 10.1. The Morgan fingerprint density at radius 1 is 1.13 bits per heavy atom. The van der Waals surface area contributed by atoms with E-state index in [1.54, 1.807) is 6.07 Å². The van der Waals surface area contributed by atoms with Gasteiger partial charge in [-0.25, -0.2) is 4.98 Å². The molecule has 1 aromatic carbocycles. The van der Waals surface area contributed by atoms with Crippen molar-refractivity contribution in [3.63, 3.8) is 0 Å². The summed E-state index contributed by atoms with van der Waals surface area (Å²) in [6, 6.07) is 8.32. The van der Waals surface area contributed by atoms with Crippen molar-refractivity contribution in [3.05, 3.63) is 80.3 Å². The molecule has 0 radical (unpaired) electrons. The van der Waals surface area contributed by atoms with Gasteiger partial charge in [-0.05, 0) is 36.4 Å². The molecule has 2 N–H and O–H groups in total. The summed E-state index contributed by atoms with van der Waals surface area (Å²) < 4.78 is 38.7. The fraction of sp³-hybridized carbons (Fsp3) is 0.167. The number of hydrogen-bond acceptors (Lipinski definition) is 6. The topological polar surface area (TPSA) is 119 Å². The highest BCUT2D eigenvalue weighted by Crippen LogP contribution is 2.29. The zero-order chi connectivity index (χ0) is 21.9. The summed E-state index contributed by atoms with van der Waals surface area (Å²) in [7, 11) is 0. The van der Waals surface area contributed by atoms with E-state index in [0.29, 0.717) is 0 Å². The van der Waals surface area contributed by atoms with E-state index in [0.717, 1.165) is 28.7 Å². The molecule has 3 rings (SSSR count). The van der Waals surface area contributed by atoms with Gasteiger partial charge >= 0.3 is 17.4 Å². The Labute approximate surface area is 166 Å². The quantitative estimate of drug-likeness (QED) is 0.359. The largest absolute Gasteiger partial charge is 0.416 e. The van der Waals surface area contributed by atoms with Crippen LogP contribution in [-0.2, 0) is 6.18 Å². The van der Waals surface area contributed by atoms with E-state index < -0.39 is 33.8 Å². The zero-order valence-electron chi connectivity index (χ0n) is 15.1. The molecule has 0 atom stereocenters. The van der Waals surface area contributed by atoms with Crippen LogP contribution in [0.2, 0.25) is 0 Å². The van der Waals surface area contributed by atoms with Gasteiger partial charge in [-0.3, -0.25) is 24.1 Å². The van der Waals surface area contributed by atoms with Crippen molar-refractivity contribution >= 4 is 23.1 Å². The first-order valence-corrected chi connectivity index (χ1v) is 8.53. The average Bonchev–Trinajstić information content (AvgIpc) is 2.70. The van der Waals surface area contributed by atoms with Gasteiger partial charge in [0.25, 0.3) is 5.91 Å². The summed E-state index contributed by atoms with van der Waals surface area (Å²) in [5.41, 5.74) is -2.25. The van der Waals surface area contributed by atoms with Gasteiger partial charge in [-0.15, -0.1) is 0 Å².